The maximum absolute atomic E-state index is 12.6. The summed E-state index contributed by atoms with van der Waals surface area (Å²) in [6, 6.07) is 7.10. The SMILES string of the molecule is Cc1noc(C)c1CC(=O)Nc1ccc(C(=O)N2CCCCCC2)cc1. The van der Waals surface area contributed by atoms with Crippen LogP contribution in [0, 0.1) is 13.8 Å². The Morgan fingerprint density at radius 2 is 1.73 bits per heavy atom. The summed E-state index contributed by atoms with van der Waals surface area (Å²) in [7, 11) is 0. The number of aromatic nitrogens is 1. The van der Waals surface area contributed by atoms with Gasteiger partial charge in [-0.1, -0.05) is 18.0 Å². The maximum Gasteiger partial charge on any atom is 0.253 e. The van der Waals surface area contributed by atoms with Crippen LogP contribution in [0.5, 0.6) is 0 Å². The van der Waals surface area contributed by atoms with Crippen molar-refractivity contribution in [3.63, 3.8) is 0 Å². The van der Waals surface area contributed by atoms with Gasteiger partial charge in [-0.25, -0.2) is 0 Å². The highest BCUT2D eigenvalue weighted by atomic mass is 16.5. The second-order valence-electron chi connectivity index (χ2n) is 6.81. The first-order chi connectivity index (χ1) is 12.5. The number of hydrogen-bond acceptors (Lipinski definition) is 4. The van der Waals surface area contributed by atoms with Crippen molar-refractivity contribution in [1.82, 2.24) is 10.1 Å². The van der Waals surface area contributed by atoms with E-state index in [2.05, 4.69) is 10.5 Å². The van der Waals surface area contributed by atoms with Gasteiger partial charge < -0.3 is 14.7 Å². The van der Waals surface area contributed by atoms with Gasteiger partial charge >= 0.3 is 0 Å². The van der Waals surface area contributed by atoms with E-state index in [-0.39, 0.29) is 18.2 Å². The van der Waals surface area contributed by atoms with Crippen LogP contribution in [0.4, 0.5) is 5.69 Å². The van der Waals surface area contributed by atoms with Gasteiger partial charge in [0.1, 0.15) is 5.76 Å². The minimum absolute atomic E-state index is 0.0699. The van der Waals surface area contributed by atoms with E-state index in [0.29, 0.717) is 17.0 Å². The molecule has 2 heterocycles. The first-order valence-electron chi connectivity index (χ1n) is 9.15. The van der Waals surface area contributed by atoms with Crippen molar-refractivity contribution in [3.05, 3.63) is 46.8 Å². The molecule has 2 amide bonds. The fraction of sp³-hybridized carbons (Fsp3) is 0.450. The predicted molar refractivity (Wildman–Crippen MR) is 99.1 cm³/mol. The second kappa shape index (κ2) is 8.17. The monoisotopic (exact) mass is 355 g/mol. The molecule has 0 unspecified atom stereocenters. The van der Waals surface area contributed by atoms with E-state index in [0.717, 1.165) is 37.2 Å². The van der Waals surface area contributed by atoms with Gasteiger partial charge in [-0.15, -0.1) is 0 Å². The van der Waals surface area contributed by atoms with Crippen LogP contribution in [-0.2, 0) is 11.2 Å². The minimum atomic E-state index is -0.133. The zero-order valence-corrected chi connectivity index (χ0v) is 15.4. The van der Waals surface area contributed by atoms with Crippen molar-refractivity contribution >= 4 is 17.5 Å². The summed E-state index contributed by atoms with van der Waals surface area (Å²) < 4.78 is 5.08. The zero-order chi connectivity index (χ0) is 18.5. The smallest absolute Gasteiger partial charge is 0.253 e. The molecule has 26 heavy (non-hydrogen) atoms. The third-order valence-corrected chi connectivity index (χ3v) is 4.83. The van der Waals surface area contributed by atoms with Crippen LogP contribution in [-0.4, -0.2) is 35.0 Å². The Hall–Kier alpha value is -2.63. The summed E-state index contributed by atoms with van der Waals surface area (Å²) in [5, 5.41) is 6.72. The van der Waals surface area contributed by atoms with Crippen molar-refractivity contribution in [2.75, 3.05) is 18.4 Å². The molecule has 1 aromatic carbocycles. The normalized spacial score (nSPS) is 14.8. The number of aryl methyl sites for hydroxylation is 2. The maximum atomic E-state index is 12.6. The summed E-state index contributed by atoms with van der Waals surface area (Å²) in [4.78, 5) is 26.8. The molecule has 0 aliphatic carbocycles. The molecule has 0 bridgehead atoms. The highest BCUT2D eigenvalue weighted by molar-refractivity contribution is 5.96. The molecular formula is C20H25N3O3. The number of likely N-dealkylation sites (tertiary alicyclic amines) is 1. The first kappa shape index (κ1) is 18.2. The lowest BCUT2D eigenvalue weighted by Crippen LogP contribution is -2.31. The van der Waals surface area contributed by atoms with Crippen molar-refractivity contribution in [1.29, 1.82) is 0 Å². The lowest BCUT2D eigenvalue weighted by molar-refractivity contribution is -0.115. The molecule has 1 fully saturated rings. The quantitative estimate of drug-likeness (QED) is 0.911. The molecule has 1 aliphatic heterocycles. The van der Waals surface area contributed by atoms with Crippen LogP contribution in [0.25, 0.3) is 0 Å². The van der Waals surface area contributed by atoms with Gasteiger partial charge in [0, 0.05) is 29.9 Å². The molecule has 1 N–H and O–H groups in total. The predicted octanol–water partition coefficient (Wildman–Crippen LogP) is 3.49. The van der Waals surface area contributed by atoms with Crippen molar-refractivity contribution in [2.24, 2.45) is 0 Å². The van der Waals surface area contributed by atoms with Gasteiger partial charge in [-0.3, -0.25) is 9.59 Å². The largest absolute Gasteiger partial charge is 0.361 e. The molecule has 0 saturated carbocycles. The molecule has 0 radical (unpaired) electrons. The van der Waals surface area contributed by atoms with E-state index in [1.807, 2.05) is 11.8 Å². The molecule has 1 aliphatic rings. The van der Waals surface area contributed by atoms with Crippen molar-refractivity contribution < 1.29 is 14.1 Å². The zero-order valence-electron chi connectivity index (χ0n) is 15.4. The van der Waals surface area contributed by atoms with Gasteiger partial charge in [0.15, 0.2) is 0 Å². The number of benzene rings is 1. The number of anilines is 1. The number of rotatable bonds is 4. The Morgan fingerprint density at radius 1 is 1.08 bits per heavy atom. The third-order valence-electron chi connectivity index (χ3n) is 4.83. The second-order valence-corrected chi connectivity index (χ2v) is 6.81. The number of nitrogens with one attached hydrogen (secondary N) is 1. The summed E-state index contributed by atoms with van der Waals surface area (Å²) in [6.07, 6.45) is 4.75. The number of carbonyl (C=O) groups is 2. The Morgan fingerprint density at radius 3 is 2.31 bits per heavy atom. The lowest BCUT2D eigenvalue weighted by atomic mass is 10.1. The molecule has 2 aromatic rings. The molecule has 0 spiro atoms. The Balaban J connectivity index is 1.60. The van der Waals surface area contributed by atoms with Gasteiger partial charge in [-0.05, 0) is 51.0 Å². The van der Waals surface area contributed by atoms with Crippen LogP contribution in [0.15, 0.2) is 28.8 Å². The standard InChI is InChI=1S/C20H25N3O3/c1-14-18(15(2)26-22-14)13-19(24)21-17-9-7-16(8-10-17)20(25)23-11-5-3-4-6-12-23/h7-10H,3-6,11-13H2,1-2H3,(H,21,24). The Labute approximate surface area is 153 Å². The van der Waals surface area contributed by atoms with Gasteiger partial charge in [0.25, 0.3) is 5.91 Å². The van der Waals surface area contributed by atoms with E-state index < -0.39 is 0 Å². The molecule has 1 saturated heterocycles. The molecular weight excluding hydrogens is 330 g/mol. The summed E-state index contributed by atoms with van der Waals surface area (Å²) in [5.74, 6) is 0.600. The number of nitrogens with zero attached hydrogens (tertiary/aromatic N) is 2. The lowest BCUT2D eigenvalue weighted by Gasteiger charge is -2.20. The van der Waals surface area contributed by atoms with Crippen LogP contribution in [0.2, 0.25) is 0 Å². The average molecular weight is 355 g/mol. The van der Waals surface area contributed by atoms with E-state index >= 15 is 0 Å². The summed E-state index contributed by atoms with van der Waals surface area (Å²) in [5.41, 5.74) is 2.89. The first-order valence-corrected chi connectivity index (χ1v) is 9.15. The molecule has 6 heteroatoms. The number of hydrogen-bond donors (Lipinski definition) is 1. The number of carbonyl (C=O) groups excluding carboxylic acids is 2. The average Bonchev–Trinajstić information content (AvgIpc) is 2.85. The Kier molecular flexibility index (Phi) is 5.71. The molecule has 3 rings (SSSR count). The fourth-order valence-electron chi connectivity index (χ4n) is 3.27. The summed E-state index contributed by atoms with van der Waals surface area (Å²) in [6.45, 7) is 5.28. The van der Waals surface area contributed by atoms with Crippen molar-refractivity contribution in [2.45, 2.75) is 46.0 Å². The van der Waals surface area contributed by atoms with Crippen molar-refractivity contribution in [3.8, 4) is 0 Å². The van der Waals surface area contributed by atoms with E-state index in [1.165, 1.54) is 12.8 Å². The Bertz CT molecular complexity index is 753. The fourth-order valence-corrected chi connectivity index (χ4v) is 3.27. The van der Waals surface area contributed by atoms with Gasteiger partial charge in [0.05, 0.1) is 12.1 Å². The summed E-state index contributed by atoms with van der Waals surface area (Å²) >= 11 is 0. The van der Waals surface area contributed by atoms with Gasteiger partial charge in [0.2, 0.25) is 5.91 Å². The minimum Gasteiger partial charge on any atom is -0.361 e. The topological polar surface area (TPSA) is 75.4 Å². The highest BCUT2D eigenvalue weighted by Gasteiger charge is 2.17. The van der Waals surface area contributed by atoms with E-state index in [1.54, 1.807) is 31.2 Å². The van der Waals surface area contributed by atoms with Crippen LogP contribution >= 0.6 is 0 Å². The molecule has 6 nitrogen and oxygen atoms in total. The van der Waals surface area contributed by atoms with Crippen LogP contribution < -0.4 is 5.32 Å². The molecule has 0 atom stereocenters. The van der Waals surface area contributed by atoms with E-state index in [9.17, 15) is 9.59 Å². The third kappa shape index (κ3) is 4.31. The van der Waals surface area contributed by atoms with Crippen LogP contribution in [0.1, 0.15) is 53.1 Å². The molecule has 1 aromatic heterocycles. The van der Waals surface area contributed by atoms with E-state index in [4.69, 9.17) is 4.52 Å². The molecule has 138 valence electrons. The highest BCUT2D eigenvalue weighted by Crippen LogP contribution is 2.17. The number of amides is 2. The van der Waals surface area contributed by atoms with Gasteiger partial charge in [-0.2, -0.15) is 0 Å². The van der Waals surface area contributed by atoms with Crippen LogP contribution in [0.3, 0.4) is 0 Å².